The highest BCUT2D eigenvalue weighted by Gasteiger charge is 2.29. The zero-order valence-electron chi connectivity index (χ0n) is 19.3. The van der Waals surface area contributed by atoms with E-state index in [1.807, 2.05) is 24.3 Å². The van der Waals surface area contributed by atoms with Crippen molar-refractivity contribution in [3.8, 4) is 0 Å². The summed E-state index contributed by atoms with van der Waals surface area (Å²) in [6.07, 6.45) is 7.18. The number of piperidine rings is 1. The smallest absolute Gasteiger partial charge is 0.409 e. The van der Waals surface area contributed by atoms with Crippen LogP contribution in [0, 0.1) is 0 Å². The van der Waals surface area contributed by atoms with Crippen molar-refractivity contribution in [2.24, 2.45) is 0 Å². The monoisotopic (exact) mass is 472 g/mol. The van der Waals surface area contributed by atoms with Crippen LogP contribution in [0.5, 0.6) is 0 Å². The van der Waals surface area contributed by atoms with Crippen LogP contribution in [0.25, 0.3) is 10.8 Å². The third-order valence-electron chi connectivity index (χ3n) is 6.90. The van der Waals surface area contributed by atoms with Crippen LogP contribution in [-0.2, 0) is 22.5 Å². The van der Waals surface area contributed by atoms with Gasteiger partial charge in [0.2, 0.25) is 0 Å². The highest BCUT2D eigenvalue weighted by Crippen LogP contribution is 2.33. The molecule has 1 saturated heterocycles. The Morgan fingerprint density at radius 3 is 2.48 bits per heavy atom. The number of rotatable bonds is 7. The van der Waals surface area contributed by atoms with Crippen molar-refractivity contribution >= 4 is 33.8 Å². The van der Waals surface area contributed by atoms with Crippen LogP contribution in [-0.4, -0.2) is 51.5 Å². The second-order valence-corrected chi connectivity index (χ2v) is 9.79. The van der Waals surface area contributed by atoms with Crippen LogP contribution in [0.15, 0.2) is 36.4 Å². The fraction of sp³-hybridized carbons (Fsp3) is 0.560. The molecule has 1 heterocycles. The molecule has 1 saturated carbocycles. The van der Waals surface area contributed by atoms with E-state index in [4.69, 9.17) is 4.74 Å². The van der Waals surface area contributed by atoms with Gasteiger partial charge in [0.05, 0.1) is 12.3 Å². The minimum absolute atomic E-state index is 0.191. The number of hydrogen-bond donors (Lipinski definition) is 1. The molecule has 1 aliphatic heterocycles. The Balaban J connectivity index is 1.54. The molecule has 0 aromatic heterocycles. The van der Waals surface area contributed by atoms with Crippen LogP contribution < -0.4 is 9.62 Å². The lowest BCUT2D eigenvalue weighted by molar-refractivity contribution is 0.0976. The molecule has 1 unspecified atom stereocenters. The van der Waals surface area contributed by atoms with Crippen molar-refractivity contribution in [2.45, 2.75) is 70.5 Å². The van der Waals surface area contributed by atoms with Gasteiger partial charge < -0.3 is 19.5 Å². The molecule has 2 aromatic carbocycles. The van der Waals surface area contributed by atoms with Gasteiger partial charge in [-0.2, -0.15) is 0 Å². The maximum atomic E-state index is 12.4. The van der Waals surface area contributed by atoms with Crippen LogP contribution in [0.1, 0.15) is 57.4 Å². The Hall–Kier alpha value is -2.16. The van der Waals surface area contributed by atoms with Crippen LogP contribution in [0.4, 0.5) is 10.5 Å². The first-order chi connectivity index (χ1) is 16.1. The number of carbonyl (C=O) groups is 1. The molecule has 1 atom stereocenters. The predicted octanol–water partition coefficient (Wildman–Crippen LogP) is 4.48. The summed E-state index contributed by atoms with van der Waals surface area (Å²) < 4.78 is 31.4. The first-order valence-electron chi connectivity index (χ1n) is 12.1. The van der Waals surface area contributed by atoms with Crippen LogP contribution in [0.3, 0.4) is 0 Å². The number of anilines is 1. The van der Waals surface area contributed by atoms with Crippen LogP contribution in [0.2, 0.25) is 0 Å². The van der Waals surface area contributed by atoms with E-state index in [1.54, 1.807) is 11.8 Å². The van der Waals surface area contributed by atoms with Gasteiger partial charge in [-0.15, -0.1) is 0 Å². The van der Waals surface area contributed by atoms with Gasteiger partial charge in [0, 0.05) is 48.4 Å². The van der Waals surface area contributed by atoms with Gasteiger partial charge in [-0.3, -0.25) is 8.51 Å². The molecule has 7 nitrogen and oxygen atoms in total. The standard InChI is InChI=1S/C25H35N3O4S/c1-2-32-25(29)27-16-14-21(15-17-27)28(33(30)31)24-13-7-11-22-19(8-6-12-23(22)24)18-26-20-9-4-3-5-10-20/h6-8,11-13,20-21,26H,2-5,9-10,14-18H2,1H3,(H,30,31)/p-1. The lowest BCUT2D eigenvalue weighted by atomic mass is 9.95. The van der Waals surface area contributed by atoms with Gasteiger partial charge in [-0.25, -0.2) is 4.79 Å². The molecule has 2 aliphatic rings. The van der Waals surface area contributed by atoms with E-state index in [9.17, 15) is 13.6 Å². The van der Waals surface area contributed by atoms with Crippen LogP contribution >= 0.6 is 0 Å². The van der Waals surface area contributed by atoms with Crippen molar-refractivity contribution in [1.29, 1.82) is 0 Å². The molecule has 2 aromatic rings. The summed E-state index contributed by atoms with van der Waals surface area (Å²) in [7, 11) is 0. The van der Waals surface area contributed by atoms with Crippen molar-refractivity contribution in [3.05, 3.63) is 42.0 Å². The topological polar surface area (TPSA) is 84.9 Å². The third-order valence-corrected chi connectivity index (χ3v) is 7.71. The van der Waals surface area contributed by atoms with Gasteiger partial charge in [0.15, 0.2) is 0 Å². The largest absolute Gasteiger partial charge is 0.755 e. The Kier molecular flexibility index (Phi) is 8.22. The highest BCUT2D eigenvalue weighted by atomic mass is 32.2. The number of carbonyl (C=O) groups excluding carboxylic acids is 1. The average molecular weight is 473 g/mol. The first kappa shape index (κ1) is 24.0. The summed E-state index contributed by atoms with van der Waals surface area (Å²) >= 11 is -2.41. The highest BCUT2D eigenvalue weighted by molar-refractivity contribution is 7.80. The van der Waals surface area contributed by atoms with E-state index in [2.05, 4.69) is 17.4 Å². The number of hydrogen-bond acceptors (Lipinski definition) is 5. The zero-order chi connectivity index (χ0) is 23.2. The van der Waals surface area contributed by atoms with E-state index < -0.39 is 11.3 Å². The fourth-order valence-corrected chi connectivity index (χ4v) is 5.94. The Bertz CT molecular complexity index is 971. The molecule has 0 spiro atoms. The summed E-state index contributed by atoms with van der Waals surface area (Å²) in [4.78, 5) is 13.7. The van der Waals surface area contributed by atoms with E-state index in [-0.39, 0.29) is 12.1 Å². The number of likely N-dealkylation sites (tertiary alicyclic amines) is 1. The van der Waals surface area contributed by atoms with Gasteiger partial charge in [0.25, 0.3) is 0 Å². The third kappa shape index (κ3) is 5.67. The zero-order valence-corrected chi connectivity index (χ0v) is 20.1. The number of amides is 1. The SMILES string of the molecule is CCOC(=O)N1CCC(N(c2cccc3c(CNC4CCCCC4)cccc23)S(=O)[O-])CC1. The van der Waals surface area contributed by atoms with Crippen molar-refractivity contribution in [1.82, 2.24) is 10.2 Å². The van der Waals surface area contributed by atoms with Gasteiger partial charge >= 0.3 is 6.09 Å². The summed E-state index contributed by atoms with van der Waals surface area (Å²) in [5.41, 5.74) is 1.89. The average Bonchev–Trinajstić information content (AvgIpc) is 2.84. The molecule has 2 fully saturated rings. The molecule has 4 rings (SSSR count). The Morgan fingerprint density at radius 1 is 1.09 bits per heavy atom. The molecule has 0 bridgehead atoms. The van der Waals surface area contributed by atoms with Gasteiger partial charge in [0.1, 0.15) is 0 Å². The Morgan fingerprint density at radius 2 is 1.79 bits per heavy atom. The molecule has 1 N–H and O–H groups in total. The predicted molar refractivity (Wildman–Crippen MR) is 131 cm³/mol. The number of fused-ring (bicyclic) bond motifs is 1. The lowest BCUT2D eigenvalue weighted by Crippen LogP contribution is -2.47. The van der Waals surface area contributed by atoms with Crippen molar-refractivity contribution in [3.63, 3.8) is 0 Å². The number of benzene rings is 2. The molecule has 1 amide bonds. The normalized spacial score (nSPS) is 18.9. The minimum Gasteiger partial charge on any atom is -0.755 e. The van der Waals surface area contributed by atoms with Gasteiger partial charge in [-0.1, -0.05) is 49.6 Å². The quantitative estimate of drug-likeness (QED) is 0.601. The first-order valence-corrected chi connectivity index (χ1v) is 13.2. The molecular formula is C25H34N3O4S-. The Labute approximate surface area is 198 Å². The molecule has 33 heavy (non-hydrogen) atoms. The lowest BCUT2D eigenvalue weighted by Gasteiger charge is -2.40. The molecule has 0 radical (unpaired) electrons. The van der Waals surface area contributed by atoms with E-state index in [0.29, 0.717) is 44.3 Å². The van der Waals surface area contributed by atoms with Crippen molar-refractivity contribution in [2.75, 3.05) is 24.0 Å². The molecule has 1 aliphatic carbocycles. The summed E-state index contributed by atoms with van der Waals surface area (Å²) in [5.74, 6) is 0. The van der Waals surface area contributed by atoms with E-state index in [0.717, 1.165) is 17.3 Å². The summed E-state index contributed by atoms with van der Waals surface area (Å²) in [6.45, 7) is 3.87. The molecule has 8 heteroatoms. The summed E-state index contributed by atoms with van der Waals surface area (Å²) in [5, 5.41) is 5.73. The van der Waals surface area contributed by atoms with Gasteiger partial charge in [-0.05, 0) is 49.6 Å². The molecule has 180 valence electrons. The minimum atomic E-state index is -2.41. The second-order valence-electron chi connectivity index (χ2n) is 8.97. The van der Waals surface area contributed by atoms with Crippen molar-refractivity contribution < 1.29 is 18.3 Å². The number of nitrogens with one attached hydrogen (secondary N) is 1. The number of ether oxygens (including phenoxy) is 1. The molecular weight excluding hydrogens is 438 g/mol. The fourth-order valence-electron chi connectivity index (χ4n) is 5.16. The maximum Gasteiger partial charge on any atom is 0.409 e. The second kappa shape index (κ2) is 11.3. The van der Waals surface area contributed by atoms with E-state index in [1.165, 1.54) is 42.0 Å². The number of nitrogens with zero attached hydrogens (tertiary/aromatic N) is 2. The maximum absolute atomic E-state index is 12.4. The summed E-state index contributed by atoms with van der Waals surface area (Å²) in [6, 6.07) is 12.4. The van der Waals surface area contributed by atoms with E-state index >= 15 is 0 Å².